The third-order valence-electron chi connectivity index (χ3n) is 7.61. The van der Waals surface area contributed by atoms with Gasteiger partial charge in [0.2, 0.25) is 17.7 Å². The van der Waals surface area contributed by atoms with Gasteiger partial charge in [0.25, 0.3) is 0 Å². The molecule has 15 heteroatoms. The molecule has 5 amide bonds. The molecule has 2 atom stereocenters. The van der Waals surface area contributed by atoms with Crippen molar-refractivity contribution in [2.45, 2.75) is 44.7 Å². The maximum Gasteiger partial charge on any atom is 0.321 e. The molecule has 0 aliphatic carbocycles. The third kappa shape index (κ3) is 15.1. The molecular weight excluding hydrogens is 668 g/mol. The van der Waals surface area contributed by atoms with Crippen molar-refractivity contribution in [3.63, 3.8) is 0 Å². The highest BCUT2D eigenvalue weighted by molar-refractivity contribution is 5.95. The van der Waals surface area contributed by atoms with Crippen molar-refractivity contribution < 1.29 is 33.8 Å². The van der Waals surface area contributed by atoms with Gasteiger partial charge in [0.05, 0.1) is 19.1 Å². The van der Waals surface area contributed by atoms with Crippen LogP contribution in [0.5, 0.6) is 11.5 Å². The summed E-state index contributed by atoms with van der Waals surface area (Å²) in [6, 6.07) is 21.4. The molecule has 15 nitrogen and oxygen atoms in total. The summed E-state index contributed by atoms with van der Waals surface area (Å²) in [5.74, 6) is -1.15. The van der Waals surface area contributed by atoms with Crippen LogP contribution in [0.2, 0.25) is 0 Å². The molecule has 280 valence electrons. The van der Waals surface area contributed by atoms with Gasteiger partial charge < -0.3 is 47.3 Å². The van der Waals surface area contributed by atoms with Gasteiger partial charge in [-0.2, -0.15) is 0 Å². The first-order valence-electron chi connectivity index (χ1n) is 17.2. The number of phenolic OH excluding ortho intramolecular Hbond substituents is 1. The van der Waals surface area contributed by atoms with Crippen molar-refractivity contribution in [3.8, 4) is 11.5 Å². The van der Waals surface area contributed by atoms with Crippen molar-refractivity contribution in [1.29, 1.82) is 0 Å². The van der Waals surface area contributed by atoms with Crippen LogP contribution in [0.3, 0.4) is 0 Å². The lowest BCUT2D eigenvalue weighted by Crippen LogP contribution is -2.48. The lowest BCUT2D eigenvalue weighted by molar-refractivity contribution is -0.129. The minimum absolute atomic E-state index is 0.105. The topological polar surface area (TPSA) is 232 Å². The molecule has 0 radical (unpaired) electrons. The van der Waals surface area contributed by atoms with Gasteiger partial charge in [0.1, 0.15) is 24.1 Å². The van der Waals surface area contributed by atoms with E-state index in [0.29, 0.717) is 50.5 Å². The Balaban J connectivity index is 1.71. The lowest BCUT2D eigenvalue weighted by atomic mass is 9.90. The second kappa shape index (κ2) is 22.9. The van der Waals surface area contributed by atoms with E-state index in [1.54, 1.807) is 37.3 Å². The van der Waals surface area contributed by atoms with Crippen molar-refractivity contribution in [1.82, 2.24) is 26.6 Å². The largest absolute Gasteiger partial charge is 0.508 e. The van der Waals surface area contributed by atoms with Crippen molar-refractivity contribution >= 4 is 29.7 Å². The standard InChI is InChI=1S/C37H50N8O7/c1-2-32(47)40-19-20-42-37(50)45-36(39)41-18-7-12-31(34(48)43-25-26-13-15-29(46)16-14-26)44-35(49)33(27-8-4-3-5-9-27)28-10-6-11-30(24-28)52-23-22-51-21-17-38/h3-6,8-11,13-16,24,31,33,46H,2,7,12,17-23,25,38H2,1H3,(H,40,47)(H,43,48)(H,44,49)(H4,39,41,42,45,50)/t31-,33?/m1/s1. The fourth-order valence-corrected chi connectivity index (χ4v) is 4.98. The predicted octanol–water partition coefficient (Wildman–Crippen LogP) is 1.60. The zero-order valence-electron chi connectivity index (χ0n) is 29.4. The van der Waals surface area contributed by atoms with E-state index in [9.17, 15) is 24.3 Å². The average Bonchev–Trinajstić information content (AvgIpc) is 3.14. The maximum absolute atomic E-state index is 14.1. The number of aromatic hydroxyl groups is 1. The average molecular weight is 719 g/mol. The number of nitrogens with two attached hydrogens (primary N) is 2. The van der Waals surface area contributed by atoms with E-state index in [1.807, 2.05) is 36.4 Å². The predicted molar refractivity (Wildman–Crippen MR) is 198 cm³/mol. The van der Waals surface area contributed by atoms with Crippen molar-refractivity contribution in [2.75, 3.05) is 46.0 Å². The summed E-state index contributed by atoms with van der Waals surface area (Å²) < 4.78 is 11.3. The van der Waals surface area contributed by atoms with E-state index < -0.39 is 29.8 Å². The highest BCUT2D eigenvalue weighted by Gasteiger charge is 2.28. The van der Waals surface area contributed by atoms with Gasteiger partial charge in [-0.15, -0.1) is 0 Å². The Morgan fingerprint density at radius 2 is 1.58 bits per heavy atom. The zero-order chi connectivity index (χ0) is 37.6. The zero-order valence-corrected chi connectivity index (χ0v) is 29.4. The molecule has 1 unspecified atom stereocenters. The maximum atomic E-state index is 14.1. The van der Waals surface area contributed by atoms with Crippen LogP contribution in [0.25, 0.3) is 0 Å². The van der Waals surface area contributed by atoms with Crippen LogP contribution < -0.4 is 42.8 Å². The van der Waals surface area contributed by atoms with Gasteiger partial charge in [-0.1, -0.05) is 61.5 Å². The SMILES string of the molecule is CCC(=O)NCCNC(=O)NC(N)=NCCC[C@@H](NC(=O)C(c1ccccc1)c1cccc(OCCOCCN)c1)C(=O)NCc1ccc(O)cc1. The van der Waals surface area contributed by atoms with Gasteiger partial charge in [-0.25, -0.2) is 4.79 Å². The van der Waals surface area contributed by atoms with Crippen LogP contribution in [0, 0.1) is 0 Å². The summed E-state index contributed by atoms with van der Waals surface area (Å²) in [7, 11) is 0. The van der Waals surface area contributed by atoms with E-state index in [-0.39, 0.29) is 50.2 Å². The molecule has 0 bridgehead atoms. The Morgan fingerprint density at radius 1 is 0.846 bits per heavy atom. The van der Waals surface area contributed by atoms with Crippen LogP contribution in [0.15, 0.2) is 83.9 Å². The fraction of sp³-hybridized carbons (Fsp3) is 0.378. The monoisotopic (exact) mass is 718 g/mol. The Labute approximate surface area is 303 Å². The van der Waals surface area contributed by atoms with Gasteiger partial charge in [0.15, 0.2) is 5.96 Å². The third-order valence-corrected chi connectivity index (χ3v) is 7.61. The molecule has 3 aromatic carbocycles. The fourth-order valence-electron chi connectivity index (χ4n) is 4.98. The number of phenols is 1. The first-order valence-corrected chi connectivity index (χ1v) is 17.2. The molecule has 3 aromatic rings. The molecule has 0 aliphatic rings. The number of urea groups is 1. The summed E-state index contributed by atoms with van der Waals surface area (Å²) >= 11 is 0. The van der Waals surface area contributed by atoms with E-state index in [0.717, 1.165) is 11.1 Å². The van der Waals surface area contributed by atoms with E-state index >= 15 is 0 Å². The second-order valence-electron chi connectivity index (χ2n) is 11.6. The van der Waals surface area contributed by atoms with E-state index in [1.165, 1.54) is 12.1 Å². The lowest BCUT2D eigenvalue weighted by Gasteiger charge is -2.23. The summed E-state index contributed by atoms with van der Waals surface area (Å²) in [5, 5.41) is 23.1. The molecule has 10 N–H and O–H groups in total. The number of nitrogens with zero attached hydrogens (tertiary/aromatic N) is 1. The number of aliphatic imine (C=N–C) groups is 1. The smallest absolute Gasteiger partial charge is 0.321 e. The van der Waals surface area contributed by atoms with Gasteiger partial charge in [0, 0.05) is 39.1 Å². The number of guanidine groups is 1. The normalized spacial score (nSPS) is 12.2. The van der Waals surface area contributed by atoms with Gasteiger partial charge in [-0.05, 0) is 53.8 Å². The number of carbonyl (C=O) groups is 4. The van der Waals surface area contributed by atoms with E-state index in [4.69, 9.17) is 20.9 Å². The number of rotatable bonds is 21. The van der Waals surface area contributed by atoms with Crippen molar-refractivity contribution in [2.24, 2.45) is 16.5 Å². The number of benzene rings is 3. The molecular formula is C37H50N8O7. The van der Waals surface area contributed by atoms with Crippen LogP contribution in [0.1, 0.15) is 48.8 Å². The molecule has 0 aromatic heterocycles. The van der Waals surface area contributed by atoms with Crippen LogP contribution in [-0.2, 0) is 25.7 Å². The number of hydrogen-bond donors (Lipinski definition) is 8. The number of hydrogen-bond acceptors (Lipinski definition) is 9. The summed E-state index contributed by atoms with van der Waals surface area (Å²) in [6.07, 6.45) is 0.900. The molecule has 0 heterocycles. The number of carbonyl (C=O) groups excluding carboxylic acids is 4. The Morgan fingerprint density at radius 3 is 2.31 bits per heavy atom. The van der Waals surface area contributed by atoms with Crippen molar-refractivity contribution in [3.05, 3.63) is 95.6 Å². The molecule has 52 heavy (non-hydrogen) atoms. The Hall–Kier alpha value is -5.67. The van der Waals surface area contributed by atoms with Crippen LogP contribution >= 0.6 is 0 Å². The van der Waals surface area contributed by atoms with Gasteiger partial charge in [-0.3, -0.25) is 24.7 Å². The van der Waals surface area contributed by atoms with E-state index in [2.05, 4.69) is 31.6 Å². The molecule has 0 saturated heterocycles. The molecule has 3 rings (SSSR count). The molecule has 0 aliphatic heterocycles. The summed E-state index contributed by atoms with van der Waals surface area (Å²) in [5.41, 5.74) is 13.5. The van der Waals surface area contributed by atoms with Crippen LogP contribution in [0.4, 0.5) is 4.79 Å². The Bertz CT molecular complexity index is 1590. The minimum Gasteiger partial charge on any atom is -0.508 e. The summed E-state index contributed by atoms with van der Waals surface area (Å²) in [6.45, 7) is 4.06. The number of amides is 5. The Kier molecular flexibility index (Phi) is 18.0. The summed E-state index contributed by atoms with van der Waals surface area (Å²) in [4.78, 5) is 55.3. The highest BCUT2D eigenvalue weighted by Crippen LogP contribution is 2.28. The number of ether oxygens (including phenoxy) is 2. The molecule has 0 saturated carbocycles. The highest BCUT2D eigenvalue weighted by atomic mass is 16.5. The molecule has 0 spiro atoms. The number of nitrogens with one attached hydrogen (secondary N) is 5. The first kappa shape index (κ1) is 40.8. The molecule has 0 fully saturated rings. The van der Waals surface area contributed by atoms with Gasteiger partial charge >= 0.3 is 6.03 Å². The van der Waals surface area contributed by atoms with Crippen LogP contribution in [-0.4, -0.2) is 86.9 Å². The second-order valence-corrected chi connectivity index (χ2v) is 11.6. The minimum atomic E-state index is -0.944. The quantitative estimate of drug-likeness (QED) is 0.0454. The first-order chi connectivity index (χ1) is 25.2.